The van der Waals surface area contributed by atoms with Gasteiger partial charge in [0.25, 0.3) is 0 Å². The molecule has 0 saturated carbocycles. The number of hydrogen-bond acceptors (Lipinski definition) is 3. The van der Waals surface area contributed by atoms with Gasteiger partial charge in [-0.15, -0.1) is 0 Å². The van der Waals surface area contributed by atoms with Crippen LogP contribution in [-0.2, 0) is 0 Å². The zero-order valence-corrected chi connectivity index (χ0v) is 11.6. The Labute approximate surface area is 125 Å². The molecule has 1 unspecified atom stereocenters. The van der Waals surface area contributed by atoms with Crippen LogP contribution in [0.5, 0.6) is 11.5 Å². The standard InChI is InChI=1S/C15H12ClF2NO2/c16-10-4-5-12-13(7-10)21-14(8-19-12)9-2-1-3-11(6-9)20-15(17)18/h1-7,14-15,19H,8H2. The predicted octanol–water partition coefficient (Wildman–Crippen LogP) is 4.49. The average Bonchev–Trinajstić information content (AvgIpc) is 2.46. The number of ether oxygens (including phenoxy) is 2. The third-order valence-corrected chi connectivity index (χ3v) is 3.38. The summed E-state index contributed by atoms with van der Waals surface area (Å²) in [6.07, 6.45) is -0.294. The normalized spacial score (nSPS) is 16.9. The number of anilines is 1. The molecule has 0 fully saturated rings. The van der Waals surface area contributed by atoms with Crippen molar-refractivity contribution in [1.82, 2.24) is 0 Å². The Balaban J connectivity index is 1.82. The summed E-state index contributed by atoms with van der Waals surface area (Å²) < 4.78 is 34.8. The van der Waals surface area contributed by atoms with Crippen molar-refractivity contribution in [2.45, 2.75) is 12.7 Å². The summed E-state index contributed by atoms with van der Waals surface area (Å²) in [5, 5.41) is 3.80. The average molecular weight is 312 g/mol. The Bertz CT molecular complexity index is 651. The van der Waals surface area contributed by atoms with Gasteiger partial charge in [-0.1, -0.05) is 23.7 Å². The molecule has 0 aliphatic carbocycles. The fourth-order valence-electron chi connectivity index (χ4n) is 2.21. The van der Waals surface area contributed by atoms with Gasteiger partial charge in [0, 0.05) is 11.1 Å². The van der Waals surface area contributed by atoms with Gasteiger partial charge >= 0.3 is 6.61 Å². The molecule has 2 aromatic rings. The van der Waals surface area contributed by atoms with Crippen LogP contribution in [0.1, 0.15) is 11.7 Å². The molecule has 0 amide bonds. The number of nitrogens with one attached hydrogen (secondary N) is 1. The van der Waals surface area contributed by atoms with Crippen molar-refractivity contribution in [3.8, 4) is 11.5 Å². The van der Waals surface area contributed by atoms with Gasteiger partial charge in [-0.3, -0.25) is 0 Å². The number of fused-ring (bicyclic) bond motifs is 1. The third kappa shape index (κ3) is 3.19. The van der Waals surface area contributed by atoms with E-state index in [9.17, 15) is 8.78 Å². The van der Waals surface area contributed by atoms with Crippen molar-refractivity contribution in [3.05, 3.63) is 53.1 Å². The molecular weight excluding hydrogens is 300 g/mol. The Morgan fingerprint density at radius 3 is 2.90 bits per heavy atom. The Kier molecular flexibility index (Phi) is 3.84. The van der Waals surface area contributed by atoms with Gasteiger partial charge < -0.3 is 14.8 Å². The molecule has 3 rings (SSSR count). The van der Waals surface area contributed by atoms with Crippen LogP contribution in [0.4, 0.5) is 14.5 Å². The van der Waals surface area contributed by atoms with Crippen LogP contribution in [-0.4, -0.2) is 13.2 Å². The molecule has 2 aromatic carbocycles. The smallest absolute Gasteiger partial charge is 0.387 e. The second kappa shape index (κ2) is 5.77. The molecule has 0 spiro atoms. The molecular formula is C15H12ClF2NO2. The van der Waals surface area contributed by atoms with Gasteiger partial charge in [0.15, 0.2) is 0 Å². The summed E-state index contributed by atoms with van der Waals surface area (Å²) >= 11 is 5.94. The van der Waals surface area contributed by atoms with E-state index in [-0.39, 0.29) is 11.9 Å². The Hall–Kier alpha value is -2.01. The molecule has 0 saturated heterocycles. The van der Waals surface area contributed by atoms with Gasteiger partial charge in [0.1, 0.15) is 17.6 Å². The Morgan fingerprint density at radius 2 is 2.10 bits per heavy atom. The number of hydrogen-bond donors (Lipinski definition) is 1. The fraction of sp³-hybridized carbons (Fsp3) is 0.200. The zero-order chi connectivity index (χ0) is 14.8. The molecule has 1 N–H and O–H groups in total. The van der Waals surface area contributed by atoms with Crippen molar-refractivity contribution in [3.63, 3.8) is 0 Å². The van der Waals surface area contributed by atoms with E-state index in [2.05, 4.69) is 10.1 Å². The summed E-state index contributed by atoms with van der Waals surface area (Å²) in [5.41, 5.74) is 1.61. The van der Waals surface area contributed by atoms with Gasteiger partial charge in [0.05, 0.1) is 12.2 Å². The van der Waals surface area contributed by atoms with Crippen LogP contribution >= 0.6 is 11.6 Å². The molecule has 1 atom stereocenters. The minimum atomic E-state index is -2.84. The van der Waals surface area contributed by atoms with Crippen LogP contribution in [0.3, 0.4) is 0 Å². The van der Waals surface area contributed by atoms with E-state index in [0.717, 1.165) is 11.3 Å². The number of halogens is 3. The second-order valence-corrected chi connectivity index (χ2v) is 5.02. The highest BCUT2D eigenvalue weighted by atomic mass is 35.5. The molecule has 21 heavy (non-hydrogen) atoms. The molecule has 6 heteroatoms. The molecule has 1 aliphatic rings. The zero-order valence-electron chi connectivity index (χ0n) is 10.9. The second-order valence-electron chi connectivity index (χ2n) is 4.58. The lowest BCUT2D eigenvalue weighted by molar-refractivity contribution is -0.0499. The van der Waals surface area contributed by atoms with E-state index < -0.39 is 6.61 Å². The van der Waals surface area contributed by atoms with Crippen LogP contribution in [0.15, 0.2) is 42.5 Å². The number of alkyl halides is 2. The highest BCUT2D eigenvalue weighted by Gasteiger charge is 2.21. The highest BCUT2D eigenvalue weighted by molar-refractivity contribution is 6.30. The maximum absolute atomic E-state index is 12.3. The van der Waals surface area contributed by atoms with E-state index in [1.165, 1.54) is 6.07 Å². The van der Waals surface area contributed by atoms with E-state index in [1.807, 2.05) is 6.07 Å². The van der Waals surface area contributed by atoms with Gasteiger partial charge in [-0.05, 0) is 29.8 Å². The third-order valence-electron chi connectivity index (χ3n) is 3.15. The van der Waals surface area contributed by atoms with Crippen LogP contribution in [0.25, 0.3) is 0 Å². The largest absolute Gasteiger partial charge is 0.482 e. The number of benzene rings is 2. The summed E-state index contributed by atoms with van der Waals surface area (Å²) in [7, 11) is 0. The summed E-state index contributed by atoms with van der Waals surface area (Å²) in [4.78, 5) is 0. The highest BCUT2D eigenvalue weighted by Crippen LogP contribution is 2.36. The quantitative estimate of drug-likeness (QED) is 0.906. The summed E-state index contributed by atoms with van der Waals surface area (Å²) in [5.74, 6) is 0.752. The Morgan fingerprint density at radius 1 is 1.24 bits per heavy atom. The van der Waals surface area contributed by atoms with Crippen molar-refractivity contribution in [1.29, 1.82) is 0 Å². The minimum absolute atomic E-state index is 0.114. The van der Waals surface area contributed by atoms with Gasteiger partial charge in [-0.2, -0.15) is 8.78 Å². The number of rotatable bonds is 3. The lowest BCUT2D eigenvalue weighted by atomic mass is 10.1. The maximum atomic E-state index is 12.3. The van der Waals surface area contributed by atoms with Gasteiger partial charge in [0.2, 0.25) is 0 Å². The molecule has 0 aromatic heterocycles. The topological polar surface area (TPSA) is 30.5 Å². The fourth-order valence-corrected chi connectivity index (χ4v) is 2.38. The first-order valence-corrected chi connectivity index (χ1v) is 6.74. The molecule has 110 valence electrons. The summed E-state index contributed by atoms with van der Waals surface area (Å²) in [6.45, 7) is -2.31. The van der Waals surface area contributed by atoms with Crippen molar-refractivity contribution >= 4 is 17.3 Å². The van der Waals surface area contributed by atoms with Crippen LogP contribution in [0, 0.1) is 0 Å². The lowest BCUT2D eigenvalue weighted by Crippen LogP contribution is -2.23. The van der Waals surface area contributed by atoms with E-state index in [4.69, 9.17) is 16.3 Å². The molecule has 0 bridgehead atoms. The van der Waals surface area contributed by atoms with E-state index in [0.29, 0.717) is 17.3 Å². The first-order valence-electron chi connectivity index (χ1n) is 6.36. The monoisotopic (exact) mass is 311 g/mol. The van der Waals surface area contributed by atoms with E-state index >= 15 is 0 Å². The minimum Gasteiger partial charge on any atom is -0.482 e. The first-order chi connectivity index (χ1) is 10.1. The molecule has 1 aliphatic heterocycles. The first kappa shape index (κ1) is 13.9. The van der Waals surface area contributed by atoms with Crippen LogP contribution < -0.4 is 14.8 Å². The molecule has 0 radical (unpaired) electrons. The van der Waals surface area contributed by atoms with Crippen molar-refractivity contribution in [2.24, 2.45) is 0 Å². The van der Waals surface area contributed by atoms with Gasteiger partial charge in [-0.25, -0.2) is 0 Å². The molecule has 1 heterocycles. The van der Waals surface area contributed by atoms with Crippen LogP contribution in [0.2, 0.25) is 5.02 Å². The summed E-state index contributed by atoms with van der Waals surface area (Å²) in [6, 6.07) is 11.8. The SMILES string of the molecule is FC(F)Oc1cccc(C2CNc3ccc(Cl)cc3O2)c1. The lowest BCUT2D eigenvalue weighted by Gasteiger charge is -2.28. The predicted molar refractivity (Wildman–Crippen MR) is 76.4 cm³/mol. The maximum Gasteiger partial charge on any atom is 0.387 e. The molecule has 3 nitrogen and oxygen atoms in total. The van der Waals surface area contributed by atoms with Crippen molar-refractivity contribution in [2.75, 3.05) is 11.9 Å². The van der Waals surface area contributed by atoms with Crippen molar-refractivity contribution < 1.29 is 18.3 Å². The van der Waals surface area contributed by atoms with E-state index in [1.54, 1.807) is 30.3 Å².